The van der Waals surface area contributed by atoms with E-state index in [0.717, 1.165) is 17.7 Å². The van der Waals surface area contributed by atoms with Crippen LogP contribution in [-0.2, 0) is 12.1 Å². The Bertz CT molecular complexity index is 632. The van der Waals surface area contributed by atoms with Crippen LogP contribution in [-0.4, -0.2) is 29.1 Å². The summed E-state index contributed by atoms with van der Waals surface area (Å²) in [5.74, 6) is 0.651. The Morgan fingerprint density at radius 1 is 1.38 bits per heavy atom. The number of rotatable bonds is 6. The van der Waals surface area contributed by atoms with Crippen LogP contribution < -0.4 is 10.6 Å². The minimum absolute atomic E-state index is 0. The third-order valence-electron chi connectivity index (χ3n) is 3.30. The van der Waals surface area contributed by atoms with Gasteiger partial charge in [-0.05, 0) is 47.9 Å². The third-order valence-corrected chi connectivity index (χ3v) is 4.20. The summed E-state index contributed by atoms with van der Waals surface area (Å²) in [6, 6.07) is 5.56. The van der Waals surface area contributed by atoms with Crippen molar-refractivity contribution in [3.8, 4) is 0 Å². The fraction of sp³-hybridized carbons (Fsp3) is 0.375. The molecular formula is C16H22ClIN4OS. The number of hydrogen-bond donors (Lipinski definition) is 3. The van der Waals surface area contributed by atoms with Crippen molar-refractivity contribution in [3.05, 3.63) is 51.4 Å². The Kier molecular flexibility index (Phi) is 8.96. The summed E-state index contributed by atoms with van der Waals surface area (Å²) in [6.45, 7) is 5.38. The summed E-state index contributed by atoms with van der Waals surface area (Å²) in [6.07, 6.45) is 1.71. The van der Waals surface area contributed by atoms with Crippen molar-refractivity contribution >= 4 is 52.9 Å². The van der Waals surface area contributed by atoms with Crippen LogP contribution in [0, 0.1) is 0 Å². The third kappa shape index (κ3) is 6.54. The zero-order chi connectivity index (χ0) is 16.7. The van der Waals surface area contributed by atoms with Gasteiger partial charge in [0.25, 0.3) is 0 Å². The van der Waals surface area contributed by atoms with Crippen molar-refractivity contribution in [2.75, 3.05) is 13.1 Å². The molecule has 24 heavy (non-hydrogen) atoms. The highest BCUT2D eigenvalue weighted by Crippen LogP contribution is 2.21. The maximum absolute atomic E-state index is 10.5. The summed E-state index contributed by atoms with van der Waals surface area (Å²) in [4.78, 5) is 8.54. The fourth-order valence-electron chi connectivity index (χ4n) is 1.94. The molecule has 0 aliphatic heterocycles. The first-order chi connectivity index (χ1) is 11.0. The highest BCUT2D eigenvalue weighted by Gasteiger charge is 2.23. The molecule has 2 aromatic rings. The van der Waals surface area contributed by atoms with E-state index in [-0.39, 0.29) is 24.0 Å². The van der Waals surface area contributed by atoms with E-state index < -0.39 is 5.60 Å². The molecule has 5 nitrogen and oxygen atoms in total. The molecule has 132 valence electrons. The average Bonchev–Trinajstić information content (AvgIpc) is 3.07. The second-order valence-electron chi connectivity index (χ2n) is 5.32. The molecule has 0 aromatic carbocycles. The highest BCUT2D eigenvalue weighted by atomic mass is 127. The zero-order valence-corrected chi connectivity index (χ0v) is 17.5. The molecule has 0 saturated heterocycles. The molecular weight excluding hydrogens is 459 g/mol. The van der Waals surface area contributed by atoms with E-state index in [1.54, 1.807) is 30.5 Å². The standard InChI is InChI=1S/C16H21ClN4OS.HI/c1-3-18-15(20-9-12-4-5-14(17)19-8-12)21-11-16(2,22)13-6-7-23-10-13;/h4-8,10,22H,3,9,11H2,1-2H3,(H2,18,20,21);1H. The molecule has 0 aliphatic rings. The number of nitrogens with zero attached hydrogens (tertiary/aromatic N) is 2. The van der Waals surface area contributed by atoms with Gasteiger partial charge < -0.3 is 15.7 Å². The van der Waals surface area contributed by atoms with Crippen molar-refractivity contribution in [2.45, 2.75) is 26.0 Å². The molecule has 2 rings (SSSR count). The van der Waals surface area contributed by atoms with E-state index in [0.29, 0.717) is 24.2 Å². The van der Waals surface area contributed by atoms with E-state index in [1.807, 2.05) is 29.8 Å². The van der Waals surface area contributed by atoms with Crippen molar-refractivity contribution in [1.29, 1.82) is 0 Å². The Hall–Kier alpha value is -0.900. The van der Waals surface area contributed by atoms with E-state index >= 15 is 0 Å². The molecule has 1 unspecified atom stereocenters. The van der Waals surface area contributed by atoms with Gasteiger partial charge in [0.15, 0.2) is 5.96 Å². The second-order valence-corrected chi connectivity index (χ2v) is 6.49. The summed E-state index contributed by atoms with van der Waals surface area (Å²) < 4.78 is 0. The van der Waals surface area contributed by atoms with E-state index in [4.69, 9.17) is 11.6 Å². The van der Waals surface area contributed by atoms with Crippen molar-refractivity contribution in [1.82, 2.24) is 15.6 Å². The first-order valence-corrected chi connectivity index (χ1v) is 8.71. The van der Waals surface area contributed by atoms with Crippen molar-refractivity contribution in [2.24, 2.45) is 4.99 Å². The predicted octanol–water partition coefficient (Wildman–Crippen LogP) is 3.38. The number of nitrogens with one attached hydrogen (secondary N) is 2. The summed E-state index contributed by atoms with van der Waals surface area (Å²) >= 11 is 7.34. The number of aromatic nitrogens is 1. The maximum Gasteiger partial charge on any atom is 0.191 e. The molecule has 0 bridgehead atoms. The predicted molar refractivity (Wildman–Crippen MR) is 111 cm³/mol. The van der Waals surface area contributed by atoms with Gasteiger partial charge in [-0.2, -0.15) is 11.3 Å². The maximum atomic E-state index is 10.5. The molecule has 0 spiro atoms. The number of hydrogen-bond acceptors (Lipinski definition) is 4. The van der Waals surface area contributed by atoms with Gasteiger partial charge in [0, 0.05) is 12.7 Å². The molecule has 8 heteroatoms. The quantitative estimate of drug-likeness (QED) is 0.257. The summed E-state index contributed by atoms with van der Waals surface area (Å²) in [7, 11) is 0. The second kappa shape index (κ2) is 10.2. The lowest BCUT2D eigenvalue weighted by Gasteiger charge is -2.24. The Balaban J connectivity index is 0.00000288. The largest absolute Gasteiger partial charge is 0.384 e. The van der Waals surface area contributed by atoms with Crippen LogP contribution in [0.3, 0.4) is 0 Å². The monoisotopic (exact) mass is 480 g/mol. The molecule has 2 aromatic heterocycles. The van der Waals surface area contributed by atoms with E-state index in [9.17, 15) is 5.11 Å². The summed E-state index contributed by atoms with van der Waals surface area (Å²) in [5.41, 5.74) is 0.918. The molecule has 0 aliphatic carbocycles. The average molecular weight is 481 g/mol. The zero-order valence-electron chi connectivity index (χ0n) is 13.6. The van der Waals surface area contributed by atoms with Crippen LogP contribution >= 0.6 is 46.9 Å². The van der Waals surface area contributed by atoms with Crippen molar-refractivity contribution in [3.63, 3.8) is 0 Å². The Morgan fingerprint density at radius 3 is 2.75 bits per heavy atom. The van der Waals surface area contributed by atoms with Gasteiger partial charge in [-0.1, -0.05) is 17.7 Å². The lowest BCUT2D eigenvalue weighted by atomic mass is 9.99. The number of pyridine rings is 1. The van der Waals surface area contributed by atoms with Crippen LogP contribution in [0.15, 0.2) is 40.1 Å². The van der Waals surface area contributed by atoms with Gasteiger partial charge in [-0.25, -0.2) is 9.98 Å². The van der Waals surface area contributed by atoms with Gasteiger partial charge in [-0.3, -0.25) is 0 Å². The molecule has 3 N–H and O–H groups in total. The van der Waals surface area contributed by atoms with Gasteiger partial charge in [0.1, 0.15) is 10.8 Å². The van der Waals surface area contributed by atoms with Gasteiger partial charge in [0.2, 0.25) is 0 Å². The van der Waals surface area contributed by atoms with E-state index in [1.165, 1.54) is 0 Å². The summed E-state index contributed by atoms with van der Waals surface area (Å²) in [5, 5.41) is 21.3. The smallest absolute Gasteiger partial charge is 0.191 e. The number of halogens is 2. The number of aliphatic hydroxyl groups is 1. The SMILES string of the molecule is CCNC(=NCc1ccc(Cl)nc1)NCC(C)(O)c1ccsc1.I. The van der Waals surface area contributed by atoms with Gasteiger partial charge >= 0.3 is 0 Å². The minimum atomic E-state index is -0.946. The molecule has 0 saturated carbocycles. The van der Waals surface area contributed by atoms with E-state index in [2.05, 4.69) is 20.6 Å². The molecule has 2 heterocycles. The normalized spacial score (nSPS) is 13.8. The van der Waals surface area contributed by atoms with Crippen LogP contribution in [0.1, 0.15) is 25.0 Å². The highest BCUT2D eigenvalue weighted by molar-refractivity contribution is 14.0. The molecule has 0 amide bonds. The number of thiophene rings is 1. The van der Waals surface area contributed by atoms with Crippen LogP contribution in [0.5, 0.6) is 0 Å². The Morgan fingerprint density at radius 2 is 2.17 bits per heavy atom. The lowest BCUT2D eigenvalue weighted by molar-refractivity contribution is 0.0621. The van der Waals surface area contributed by atoms with Crippen LogP contribution in [0.4, 0.5) is 0 Å². The van der Waals surface area contributed by atoms with Gasteiger partial charge in [-0.15, -0.1) is 24.0 Å². The molecule has 0 radical (unpaired) electrons. The Labute approximate surface area is 168 Å². The van der Waals surface area contributed by atoms with Crippen molar-refractivity contribution < 1.29 is 5.11 Å². The molecule has 0 fully saturated rings. The minimum Gasteiger partial charge on any atom is -0.384 e. The first-order valence-electron chi connectivity index (χ1n) is 7.39. The van der Waals surface area contributed by atoms with Crippen LogP contribution in [0.25, 0.3) is 0 Å². The number of guanidine groups is 1. The van der Waals surface area contributed by atoms with Gasteiger partial charge in [0.05, 0.1) is 13.1 Å². The molecule has 1 atom stereocenters. The van der Waals surface area contributed by atoms with Crippen LogP contribution in [0.2, 0.25) is 5.15 Å². The lowest BCUT2D eigenvalue weighted by Crippen LogP contribution is -2.44. The number of aliphatic imine (C=N–C) groups is 1. The fourth-order valence-corrected chi connectivity index (χ4v) is 2.84. The topological polar surface area (TPSA) is 69.5 Å². The first kappa shape index (κ1) is 21.1.